The smallest absolute Gasteiger partial charge is 0.242 e. The Bertz CT molecular complexity index is 930. The van der Waals surface area contributed by atoms with E-state index >= 15 is 0 Å². The van der Waals surface area contributed by atoms with Gasteiger partial charge in [0, 0.05) is 18.5 Å². The highest BCUT2D eigenvalue weighted by Crippen LogP contribution is 2.28. The molecule has 2 aromatic rings. The van der Waals surface area contributed by atoms with E-state index in [1.54, 1.807) is 42.5 Å². The highest BCUT2D eigenvalue weighted by atomic mass is 16.5. The van der Waals surface area contributed by atoms with E-state index in [2.05, 4.69) is 16.2 Å². The van der Waals surface area contributed by atoms with Gasteiger partial charge in [-0.1, -0.05) is 6.07 Å². The van der Waals surface area contributed by atoms with Crippen molar-refractivity contribution < 1.29 is 28.6 Å². The number of benzene rings is 2. The average molecular weight is 458 g/mol. The number of anilines is 1. The molecule has 9 nitrogen and oxygen atoms in total. The zero-order chi connectivity index (χ0) is 24.1. The van der Waals surface area contributed by atoms with Crippen molar-refractivity contribution >= 4 is 23.4 Å². The first kappa shape index (κ1) is 25.5. The maximum atomic E-state index is 12.2. The second kappa shape index (κ2) is 13.6. The van der Waals surface area contributed by atoms with Gasteiger partial charge < -0.3 is 19.5 Å². The van der Waals surface area contributed by atoms with Crippen molar-refractivity contribution in [2.45, 2.75) is 40.0 Å². The molecule has 33 heavy (non-hydrogen) atoms. The van der Waals surface area contributed by atoms with Gasteiger partial charge in [0.25, 0.3) is 0 Å². The summed E-state index contributed by atoms with van der Waals surface area (Å²) in [4.78, 5) is 36.2. The second-order valence-corrected chi connectivity index (χ2v) is 6.93. The maximum Gasteiger partial charge on any atom is 0.242 e. The van der Waals surface area contributed by atoms with E-state index in [9.17, 15) is 14.4 Å². The molecule has 0 aliphatic rings. The van der Waals surface area contributed by atoms with E-state index < -0.39 is 11.8 Å². The molecule has 0 fully saturated rings. The summed E-state index contributed by atoms with van der Waals surface area (Å²) in [7, 11) is 0. The molecule has 0 bridgehead atoms. The van der Waals surface area contributed by atoms with Crippen LogP contribution in [0.3, 0.4) is 0 Å². The first-order valence-electron chi connectivity index (χ1n) is 10.9. The van der Waals surface area contributed by atoms with Crippen LogP contribution in [0.1, 0.15) is 39.2 Å². The van der Waals surface area contributed by atoms with Crippen molar-refractivity contribution in [1.82, 2.24) is 10.9 Å². The molecule has 0 saturated heterocycles. The lowest BCUT2D eigenvalue weighted by Gasteiger charge is -2.12. The second-order valence-electron chi connectivity index (χ2n) is 6.93. The molecule has 3 N–H and O–H groups in total. The van der Waals surface area contributed by atoms with Crippen molar-refractivity contribution in [3.8, 4) is 17.2 Å². The summed E-state index contributed by atoms with van der Waals surface area (Å²) in [5.41, 5.74) is 6.00. The van der Waals surface area contributed by atoms with Crippen LogP contribution in [-0.2, 0) is 20.8 Å². The fraction of sp³-hybridized carbons (Fsp3) is 0.375. The van der Waals surface area contributed by atoms with Crippen LogP contribution in [-0.4, -0.2) is 37.5 Å². The Hall–Kier alpha value is -3.75. The highest BCUT2D eigenvalue weighted by Gasteiger charge is 2.11. The van der Waals surface area contributed by atoms with Gasteiger partial charge in [-0.25, -0.2) is 0 Å². The van der Waals surface area contributed by atoms with E-state index in [0.29, 0.717) is 48.3 Å². The van der Waals surface area contributed by atoms with E-state index in [1.807, 2.05) is 20.8 Å². The van der Waals surface area contributed by atoms with Crippen molar-refractivity contribution in [2.75, 3.05) is 25.1 Å². The molecule has 2 aromatic carbocycles. The summed E-state index contributed by atoms with van der Waals surface area (Å²) in [5.74, 6) is 0.719. The SMILES string of the molecule is CCOc1ccc(NC(=O)CCC(=O)NNC(=O)Cc2ccc(OCC)c(OCC)c2)cc1. The van der Waals surface area contributed by atoms with Gasteiger partial charge >= 0.3 is 0 Å². The van der Waals surface area contributed by atoms with Crippen LogP contribution in [0, 0.1) is 0 Å². The van der Waals surface area contributed by atoms with Gasteiger partial charge in [-0.05, 0) is 62.7 Å². The summed E-state index contributed by atoms with van der Waals surface area (Å²) in [6, 6.07) is 12.2. The molecule has 0 aromatic heterocycles. The first-order valence-corrected chi connectivity index (χ1v) is 10.9. The molecular formula is C24H31N3O6. The minimum Gasteiger partial charge on any atom is -0.494 e. The van der Waals surface area contributed by atoms with Crippen LogP contribution in [0.5, 0.6) is 17.2 Å². The third-order valence-electron chi connectivity index (χ3n) is 4.34. The Balaban J connectivity index is 1.73. The number of carbonyl (C=O) groups is 3. The largest absolute Gasteiger partial charge is 0.494 e. The average Bonchev–Trinajstić information content (AvgIpc) is 2.80. The van der Waals surface area contributed by atoms with Crippen molar-refractivity contribution in [3.05, 3.63) is 48.0 Å². The lowest BCUT2D eigenvalue weighted by atomic mass is 10.1. The number of hydrogen-bond donors (Lipinski definition) is 3. The van der Waals surface area contributed by atoms with Crippen LogP contribution < -0.4 is 30.4 Å². The Morgan fingerprint density at radius 2 is 1.30 bits per heavy atom. The zero-order valence-electron chi connectivity index (χ0n) is 19.2. The quantitative estimate of drug-likeness (QED) is 0.422. The van der Waals surface area contributed by atoms with Crippen LogP contribution in [0.15, 0.2) is 42.5 Å². The normalized spacial score (nSPS) is 10.2. The van der Waals surface area contributed by atoms with Crippen LogP contribution in [0.4, 0.5) is 5.69 Å². The molecule has 9 heteroatoms. The zero-order valence-corrected chi connectivity index (χ0v) is 19.2. The number of rotatable bonds is 12. The molecular weight excluding hydrogens is 426 g/mol. The third-order valence-corrected chi connectivity index (χ3v) is 4.34. The molecule has 0 atom stereocenters. The number of ether oxygens (including phenoxy) is 3. The summed E-state index contributed by atoms with van der Waals surface area (Å²) in [6.45, 7) is 7.17. The summed E-state index contributed by atoms with van der Waals surface area (Å²) < 4.78 is 16.4. The minimum atomic E-state index is -0.466. The van der Waals surface area contributed by atoms with Crippen molar-refractivity contribution in [2.24, 2.45) is 0 Å². The van der Waals surface area contributed by atoms with Gasteiger partial charge in [-0.2, -0.15) is 0 Å². The Morgan fingerprint density at radius 3 is 1.97 bits per heavy atom. The summed E-state index contributed by atoms with van der Waals surface area (Å²) in [5, 5.41) is 2.71. The van der Waals surface area contributed by atoms with Crippen molar-refractivity contribution in [3.63, 3.8) is 0 Å². The molecule has 0 unspecified atom stereocenters. The van der Waals surface area contributed by atoms with Crippen molar-refractivity contribution in [1.29, 1.82) is 0 Å². The Labute approximate surface area is 193 Å². The van der Waals surface area contributed by atoms with E-state index in [0.717, 1.165) is 0 Å². The van der Waals surface area contributed by atoms with Gasteiger partial charge in [0.15, 0.2) is 11.5 Å². The lowest BCUT2D eigenvalue weighted by Crippen LogP contribution is -2.42. The Kier molecular flexibility index (Phi) is 10.5. The van der Waals surface area contributed by atoms with E-state index in [4.69, 9.17) is 14.2 Å². The van der Waals surface area contributed by atoms with Gasteiger partial charge in [0.05, 0.1) is 26.2 Å². The minimum absolute atomic E-state index is 0.0223. The number of hydrazine groups is 1. The molecule has 0 radical (unpaired) electrons. The van der Waals surface area contributed by atoms with E-state index in [1.165, 1.54) is 0 Å². The predicted molar refractivity (Wildman–Crippen MR) is 124 cm³/mol. The molecule has 0 aliphatic heterocycles. The molecule has 178 valence electrons. The molecule has 0 heterocycles. The summed E-state index contributed by atoms with van der Waals surface area (Å²) >= 11 is 0. The summed E-state index contributed by atoms with van der Waals surface area (Å²) in [6.07, 6.45) is -0.0445. The lowest BCUT2D eigenvalue weighted by molar-refractivity contribution is -0.129. The fourth-order valence-electron chi connectivity index (χ4n) is 2.89. The molecule has 3 amide bonds. The monoisotopic (exact) mass is 457 g/mol. The third kappa shape index (κ3) is 9.10. The Morgan fingerprint density at radius 1 is 0.697 bits per heavy atom. The number of hydrogen-bond acceptors (Lipinski definition) is 6. The van der Waals surface area contributed by atoms with Gasteiger partial charge in [-0.15, -0.1) is 0 Å². The molecule has 0 saturated carbocycles. The van der Waals surface area contributed by atoms with Gasteiger partial charge in [0.1, 0.15) is 5.75 Å². The van der Waals surface area contributed by atoms with Crippen LogP contribution in [0.2, 0.25) is 0 Å². The number of amides is 3. The topological polar surface area (TPSA) is 115 Å². The number of carbonyl (C=O) groups excluding carboxylic acids is 3. The van der Waals surface area contributed by atoms with Crippen LogP contribution in [0.25, 0.3) is 0 Å². The number of nitrogens with one attached hydrogen (secondary N) is 3. The van der Waals surface area contributed by atoms with Gasteiger partial charge in [0.2, 0.25) is 17.7 Å². The van der Waals surface area contributed by atoms with Gasteiger partial charge in [-0.3, -0.25) is 25.2 Å². The van der Waals surface area contributed by atoms with E-state index in [-0.39, 0.29) is 25.2 Å². The first-order chi connectivity index (χ1) is 15.9. The maximum absolute atomic E-state index is 12.2. The molecule has 0 aliphatic carbocycles. The molecule has 0 spiro atoms. The predicted octanol–water partition coefficient (Wildman–Crippen LogP) is 2.99. The highest BCUT2D eigenvalue weighted by molar-refractivity contribution is 5.93. The molecule has 2 rings (SSSR count). The fourth-order valence-corrected chi connectivity index (χ4v) is 2.89. The standard InChI is InChI=1S/C24H31N3O6/c1-4-31-19-10-8-18(9-11-19)25-22(28)13-14-23(29)26-27-24(30)16-17-7-12-20(32-5-2)21(15-17)33-6-3/h7-12,15H,4-6,13-14,16H2,1-3H3,(H,25,28)(H,26,29)(H,27,30). The van der Waals surface area contributed by atoms with Crippen LogP contribution >= 0.6 is 0 Å².